The predicted octanol–water partition coefficient (Wildman–Crippen LogP) is 2.79. The maximum absolute atomic E-state index is 13.2. The molecule has 2 heterocycles. The molecular weight excluding hydrogens is 366 g/mol. The van der Waals surface area contributed by atoms with E-state index in [9.17, 15) is 9.59 Å². The second-order valence-electron chi connectivity index (χ2n) is 7.79. The minimum atomic E-state index is -0.261. The molecule has 1 aromatic carbocycles. The molecule has 0 aliphatic heterocycles. The van der Waals surface area contributed by atoms with Crippen LogP contribution < -0.4 is 10.9 Å². The molecule has 2 aromatic heterocycles. The highest BCUT2D eigenvalue weighted by molar-refractivity contribution is 5.91. The van der Waals surface area contributed by atoms with Crippen LogP contribution in [0.5, 0.6) is 0 Å². The van der Waals surface area contributed by atoms with Gasteiger partial charge in [0.15, 0.2) is 0 Å². The van der Waals surface area contributed by atoms with E-state index in [0.717, 1.165) is 52.3 Å². The summed E-state index contributed by atoms with van der Waals surface area (Å²) in [6.45, 7) is 7.62. The zero-order chi connectivity index (χ0) is 20.7. The SMILES string of the molecule is Cc1ccc(C)c(NC(=O)Cn2c(-n3nc(C)cc3C)nc3c(c2=O)CCC3)c1. The number of carbonyl (C=O) groups is 1. The highest BCUT2D eigenvalue weighted by Gasteiger charge is 2.24. The van der Waals surface area contributed by atoms with E-state index >= 15 is 0 Å². The van der Waals surface area contributed by atoms with Crippen LogP contribution in [-0.2, 0) is 24.2 Å². The van der Waals surface area contributed by atoms with Crippen molar-refractivity contribution in [2.75, 3.05) is 5.32 Å². The van der Waals surface area contributed by atoms with Crippen molar-refractivity contribution in [3.8, 4) is 5.95 Å². The van der Waals surface area contributed by atoms with Crippen LogP contribution in [0.15, 0.2) is 29.1 Å². The first-order valence-electron chi connectivity index (χ1n) is 9.87. The van der Waals surface area contributed by atoms with Gasteiger partial charge in [-0.1, -0.05) is 12.1 Å². The fourth-order valence-corrected chi connectivity index (χ4v) is 3.86. The Hall–Kier alpha value is -3.22. The fraction of sp³-hybridized carbons (Fsp3) is 0.364. The summed E-state index contributed by atoms with van der Waals surface area (Å²) < 4.78 is 3.10. The first kappa shape index (κ1) is 19.1. The molecule has 0 bridgehead atoms. The molecule has 7 nitrogen and oxygen atoms in total. The van der Waals surface area contributed by atoms with E-state index in [4.69, 9.17) is 4.98 Å². The largest absolute Gasteiger partial charge is 0.324 e. The minimum absolute atomic E-state index is 0.111. The number of amides is 1. The predicted molar refractivity (Wildman–Crippen MR) is 112 cm³/mol. The second kappa shape index (κ2) is 7.31. The van der Waals surface area contributed by atoms with Gasteiger partial charge in [-0.05, 0) is 70.2 Å². The lowest BCUT2D eigenvalue weighted by molar-refractivity contribution is -0.116. The zero-order valence-corrected chi connectivity index (χ0v) is 17.2. The number of aryl methyl sites for hydroxylation is 5. The number of carbonyl (C=O) groups excluding carboxylic acids is 1. The number of anilines is 1. The molecule has 1 aliphatic rings. The third-order valence-electron chi connectivity index (χ3n) is 5.34. The van der Waals surface area contributed by atoms with Crippen LogP contribution in [0.4, 0.5) is 5.69 Å². The third kappa shape index (κ3) is 3.60. The summed E-state index contributed by atoms with van der Waals surface area (Å²) in [5.74, 6) is 0.140. The van der Waals surface area contributed by atoms with Crippen molar-refractivity contribution in [1.29, 1.82) is 0 Å². The lowest BCUT2D eigenvalue weighted by Crippen LogP contribution is -2.34. The molecule has 4 rings (SSSR count). The molecule has 0 atom stereocenters. The van der Waals surface area contributed by atoms with E-state index < -0.39 is 0 Å². The van der Waals surface area contributed by atoms with Crippen LogP contribution >= 0.6 is 0 Å². The molecule has 1 amide bonds. The molecule has 3 aromatic rings. The average molecular weight is 391 g/mol. The van der Waals surface area contributed by atoms with Crippen LogP contribution in [0.2, 0.25) is 0 Å². The molecule has 0 unspecified atom stereocenters. The minimum Gasteiger partial charge on any atom is -0.324 e. The van der Waals surface area contributed by atoms with Gasteiger partial charge in [0, 0.05) is 16.9 Å². The van der Waals surface area contributed by atoms with E-state index in [1.165, 1.54) is 4.57 Å². The number of rotatable bonds is 4. The van der Waals surface area contributed by atoms with Gasteiger partial charge in [0.05, 0.1) is 11.4 Å². The Balaban J connectivity index is 1.74. The Labute approximate surface area is 169 Å². The Kier molecular flexibility index (Phi) is 4.82. The monoisotopic (exact) mass is 391 g/mol. The van der Waals surface area contributed by atoms with Gasteiger partial charge in [0.2, 0.25) is 11.9 Å². The van der Waals surface area contributed by atoms with Gasteiger partial charge in [-0.2, -0.15) is 5.10 Å². The molecule has 0 spiro atoms. The van der Waals surface area contributed by atoms with Crippen molar-refractivity contribution < 1.29 is 4.79 Å². The first-order valence-corrected chi connectivity index (χ1v) is 9.87. The summed E-state index contributed by atoms with van der Waals surface area (Å²) in [7, 11) is 0. The molecule has 0 saturated heterocycles. The Morgan fingerprint density at radius 1 is 1.14 bits per heavy atom. The quantitative estimate of drug-likeness (QED) is 0.741. The van der Waals surface area contributed by atoms with Crippen molar-refractivity contribution in [1.82, 2.24) is 19.3 Å². The zero-order valence-electron chi connectivity index (χ0n) is 17.2. The maximum atomic E-state index is 13.2. The summed E-state index contributed by atoms with van der Waals surface area (Å²) in [5.41, 5.74) is 5.89. The Bertz CT molecular complexity index is 1170. The first-order chi connectivity index (χ1) is 13.8. The summed E-state index contributed by atoms with van der Waals surface area (Å²) in [6.07, 6.45) is 2.40. The molecule has 29 heavy (non-hydrogen) atoms. The average Bonchev–Trinajstić information content (AvgIpc) is 3.26. The number of aromatic nitrogens is 4. The van der Waals surface area contributed by atoms with Gasteiger partial charge in [-0.3, -0.25) is 14.2 Å². The van der Waals surface area contributed by atoms with Crippen molar-refractivity contribution in [3.63, 3.8) is 0 Å². The van der Waals surface area contributed by atoms with Crippen LogP contribution in [-0.4, -0.2) is 25.2 Å². The van der Waals surface area contributed by atoms with E-state index in [1.54, 1.807) is 4.68 Å². The molecule has 7 heteroatoms. The van der Waals surface area contributed by atoms with E-state index in [-0.39, 0.29) is 18.0 Å². The number of nitrogens with zero attached hydrogens (tertiary/aromatic N) is 4. The van der Waals surface area contributed by atoms with E-state index in [0.29, 0.717) is 12.4 Å². The summed E-state index contributed by atoms with van der Waals surface area (Å²) in [4.78, 5) is 30.8. The number of hydrogen-bond donors (Lipinski definition) is 1. The molecule has 1 N–H and O–H groups in total. The number of hydrogen-bond acceptors (Lipinski definition) is 4. The Morgan fingerprint density at radius 2 is 1.93 bits per heavy atom. The fourth-order valence-electron chi connectivity index (χ4n) is 3.86. The van der Waals surface area contributed by atoms with E-state index in [2.05, 4.69) is 10.4 Å². The highest BCUT2D eigenvalue weighted by Crippen LogP contribution is 2.20. The standard InChI is InChI=1S/C22H25N5O2/c1-13-8-9-14(2)19(10-13)23-20(28)12-26-21(29)17-6-5-7-18(17)24-22(26)27-16(4)11-15(3)25-27/h8-11H,5-7,12H2,1-4H3,(H,23,28). The van der Waals surface area contributed by atoms with Crippen LogP contribution in [0, 0.1) is 27.7 Å². The van der Waals surface area contributed by atoms with Crippen molar-refractivity contribution in [3.05, 3.63) is 68.4 Å². The van der Waals surface area contributed by atoms with Crippen molar-refractivity contribution in [2.45, 2.75) is 53.5 Å². The van der Waals surface area contributed by atoms with Crippen LogP contribution in [0.3, 0.4) is 0 Å². The van der Waals surface area contributed by atoms with Gasteiger partial charge < -0.3 is 5.32 Å². The number of nitrogens with one attached hydrogen (secondary N) is 1. The molecular formula is C22H25N5O2. The van der Waals surface area contributed by atoms with Gasteiger partial charge in [0.1, 0.15) is 6.54 Å². The van der Waals surface area contributed by atoms with Crippen molar-refractivity contribution >= 4 is 11.6 Å². The summed E-state index contributed by atoms with van der Waals surface area (Å²) in [6, 6.07) is 7.83. The third-order valence-corrected chi connectivity index (χ3v) is 5.34. The molecule has 0 radical (unpaired) electrons. The van der Waals surface area contributed by atoms with Crippen LogP contribution in [0.1, 0.15) is 40.2 Å². The van der Waals surface area contributed by atoms with Gasteiger partial charge >= 0.3 is 0 Å². The van der Waals surface area contributed by atoms with Gasteiger partial charge in [-0.25, -0.2) is 9.67 Å². The molecule has 1 aliphatic carbocycles. The van der Waals surface area contributed by atoms with Gasteiger partial charge in [-0.15, -0.1) is 0 Å². The maximum Gasteiger partial charge on any atom is 0.258 e. The summed E-state index contributed by atoms with van der Waals surface area (Å²) >= 11 is 0. The lowest BCUT2D eigenvalue weighted by atomic mass is 10.1. The normalized spacial score (nSPS) is 12.8. The van der Waals surface area contributed by atoms with E-state index in [1.807, 2.05) is 52.0 Å². The van der Waals surface area contributed by atoms with Crippen LogP contribution in [0.25, 0.3) is 5.95 Å². The number of fused-ring (bicyclic) bond motifs is 1. The summed E-state index contributed by atoms with van der Waals surface area (Å²) in [5, 5.41) is 7.42. The Morgan fingerprint density at radius 3 is 2.66 bits per heavy atom. The topological polar surface area (TPSA) is 81.8 Å². The number of benzene rings is 1. The van der Waals surface area contributed by atoms with Gasteiger partial charge in [0.25, 0.3) is 5.56 Å². The highest BCUT2D eigenvalue weighted by atomic mass is 16.2. The molecule has 150 valence electrons. The molecule has 0 fully saturated rings. The molecule has 0 saturated carbocycles. The van der Waals surface area contributed by atoms with Crippen molar-refractivity contribution in [2.24, 2.45) is 0 Å². The smallest absolute Gasteiger partial charge is 0.258 e. The second-order valence-corrected chi connectivity index (χ2v) is 7.79. The lowest BCUT2D eigenvalue weighted by Gasteiger charge is -2.16.